The van der Waals surface area contributed by atoms with Gasteiger partial charge in [0.1, 0.15) is 4.21 Å². The highest BCUT2D eigenvalue weighted by Gasteiger charge is 2.28. The van der Waals surface area contributed by atoms with E-state index in [0.29, 0.717) is 23.1 Å². The highest BCUT2D eigenvalue weighted by molar-refractivity contribution is 7.99. The molecule has 1 heterocycles. The van der Waals surface area contributed by atoms with Crippen LogP contribution in [0.25, 0.3) is 0 Å². The lowest BCUT2D eigenvalue weighted by Gasteiger charge is -2.12. The van der Waals surface area contributed by atoms with Crippen LogP contribution in [0.3, 0.4) is 0 Å². The molecule has 2 aromatic rings. The number of thiophene rings is 1. The number of rotatable bonds is 6. The smallest absolute Gasteiger partial charge is 0.398 e. The van der Waals surface area contributed by atoms with Gasteiger partial charge in [-0.25, -0.2) is 13.2 Å². The van der Waals surface area contributed by atoms with Crippen LogP contribution in [0.15, 0.2) is 44.8 Å². The zero-order chi connectivity index (χ0) is 18.0. The van der Waals surface area contributed by atoms with Crippen LogP contribution >= 0.6 is 23.1 Å². The molecule has 0 unspecified atom stereocenters. The molecule has 0 fully saturated rings. The number of sulfonamides is 1. The number of nitrogens with one attached hydrogen (secondary N) is 1. The lowest BCUT2D eigenvalue weighted by Crippen LogP contribution is -2.13. The van der Waals surface area contributed by atoms with E-state index in [1.807, 2.05) is 0 Å². The van der Waals surface area contributed by atoms with Crippen molar-refractivity contribution in [3.63, 3.8) is 0 Å². The van der Waals surface area contributed by atoms with Gasteiger partial charge in [0.05, 0.1) is 17.0 Å². The van der Waals surface area contributed by atoms with Crippen molar-refractivity contribution in [2.24, 2.45) is 0 Å². The fourth-order valence-electron chi connectivity index (χ4n) is 1.60. The molecule has 0 radical (unpaired) electrons. The molecule has 1 aromatic heterocycles. The summed E-state index contributed by atoms with van der Waals surface area (Å²) < 4.78 is 63.5. The molecule has 2 N–H and O–H groups in total. The van der Waals surface area contributed by atoms with Crippen LogP contribution in [0.5, 0.6) is 0 Å². The molecule has 0 aliphatic heterocycles. The number of anilines is 1. The fraction of sp³-hybridized carbons (Fsp3) is 0.154. The standard InChI is InChI=1S/C13H10F3NO4S3/c14-13(15,16)7-23-10-4-2-1-3-9(10)17-24(20,21)11-5-8(6-22-11)12(18)19/h1-6,17H,7H2,(H,18,19). The Bertz CT molecular complexity index is 846. The minimum Gasteiger partial charge on any atom is -0.478 e. The monoisotopic (exact) mass is 397 g/mol. The first-order valence-electron chi connectivity index (χ1n) is 6.22. The minimum atomic E-state index is -4.39. The van der Waals surface area contributed by atoms with Crippen LogP contribution in [-0.4, -0.2) is 31.4 Å². The zero-order valence-corrected chi connectivity index (χ0v) is 14.2. The number of aromatic carboxylic acids is 1. The second-order valence-corrected chi connectivity index (χ2v) is 8.30. The maximum Gasteiger partial charge on any atom is 0.398 e. The summed E-state index contributed by atoms with van der Waals surface area (Å²) in [6.07, 6.45) is -4.39. The van der Waals surface area contributed by atoms with Gasteiger partial charge in [-0.15, -0.1) is 23.1 Å². The van der Waals surface area contributed by atoms with E-state index in [1.165, 1.54) is 29.6 Å². The van der Waals surface area contributed by atoms with Crippen LogP contribution in [0.4, 0.5) is 18.9 Å². The lowest BCUT2D eigenvalue weighted by atomic mass is 10.3. The molecule has 0 atom stereocenters. The fourth-order valence-corrected chi connectivity index (χ4v) is 4.67. The number of hydrogen-bond acceptors (Lipinski definition) is 5. The number of halogens is 3. The first-order valence-corrected chi connectivity index (χ1v) is 9.56. The van der Waals surface area contributed by atoms with Gasteiger partial charge < -0.3 is 5.11 Å². The number of thioether (sulfide) groups is 1. The van der Waals surface area contributed by atoms with Crippen molar-refractivity contribution in [1.29, 1.82) is 0 Å². The minimum absolute atomic E-state index is 0.00275. The molecule has 1 aromatic carbocycles. The highest BCUT2D eigenvalue weighted by atomic mass is 32.2. The molecule has 5 nitrogen and oxygen atoms in total. The van der Waals surface area contributed by atoms with E-state index in [2.05, 4.69) is 4.72 Å². The van der Waals surface area contributed by atoms with Gasteiger partial charge in [0.2, 0.25) is 0 Å². The second kappa shape index (κ2) is 7.03. The summed E-state index contributed by atoms with van der Waals surface area (Å²) in [5, 5.41) is 9.99. The van der Waals surface area contributed by atoms with E-state index in [0.717, 1.165) is 6.07 Å². The van der Waals surface area contributed by atoms with Gasteiger partial charge in [0, 0.05) is 10.3 Å². The zero-order valence-electron chi connectivity index (χ0n) is 11.7. The van der Waals surface area contributed by atoms with Gasteiger partial charge >= 0.3 is 12.1 Å². The Morgan fingerprint density at radius 3 is 2.54 bits per heavy atom. The normalized spacial score (nSPS) is 12.1. The summed E-state index contributed by atoms with van der Waals surface area (Å²) in [6.45, 7) is 0. The summed E-state index contributed by atoms with van der Waals surface area (Å²) in [4.78, 5) is 10.9. The van der Waals surface area contributed by atoms with E-state index in [-0.39, 0.29) is 20.4 Å². The summed E-state index contributed by atoms with van der Waals surface area (Å²) in [7, 11) is -4.09. The van der Waals surface area contributed by atoms with Crippen LogP contribution in [0.1, 0.15) is 10.4 Å². The van der Waals surface area contributed by atoms with Gasteiger partial charge in [0.25, 0.3) is 10.0 Å². The number of benzene rings is 1. The molecular formula is C13H10F3NO4S3. The quantitative estimate of drug-likeness (QED) is 0.723. The third kappa shape index (κ3) is 4.89. The largest absolute Gasteiger partial charge is 0.478 e. The van der Waals surface area contributed by atoms with Crippen LogP contribution in [0.2, 0.25) is 0 Å². The van der Waals surface area contributed by atoms with Gasteiger partial charge in [-0.1, -0.05) is 12.1 Å². The maximum atomic E-state index is 12.3. The number of hydrogen-bond donors (Lipinski definition) is 2. The van der Waals surface area contributed by atoms with Crippen molar-refractivity contribution in [2.75, 3.05) is 10.5 Å². The number of carboxylic acids is 1. The summed E-state index contributed by atoms with van der Waals surface area (Å²) in [5.41, 5.74) is -0.183. The van der Waals surface area contributed by atoms with Crippen molar-refractivity contribution in [1.82, 2.24) is 0 Å². The van der Waals surface area contributed by atoms with E-state index in [1.54, 1.807) is 0 Å². The van der Waals surface area contributed by atoms with Crippen LogP contribution in [0, 0.1) is 0 Å². The Morgan fingerprint density at radius 2 is 1.96 bits per heavy atom. The molecule has 0 aliphatic rings. The van der Waals surface area contributed by atoms with Gasteiger partial charge in [-0.05, 0) is 18.2 Å². The van der Waals surface area contributed by atoms with E-state index < -0.39 is 27.9 Å². The van der Waals surface area contributed by atoms with Crippen molar-refractivity contribution in [3.8, 4) is 0 Å². The second-order valence-electron chi connectivity index (χ2n) is 4.47. The Kier molecular flexibility index (Phi) is 5.45. The van der Waals surface area contributed by atoms with Crippen molar-refractivity contribution >= 4 is 44.8 Å². The molecule has 0 saturated heterocycles. The van der Waals surface area contributed by atoms with E-state index >= 15 is 0 Å². The molecule has 130 valence electrons. The maximum absolute atomic E-state index is 12.3. The Labute approximate surface area is 143 Å². The summed E-state index contributed by atoms with van der Waals surface area (Å²) >= 11 is 1.17. The average Bonchev–Trinajstić information content (AvgIpc) is 2.96. The van der Waals surface area contributed by atoms with Gasteiger partial charge in [-0.3, -0.25) is 4.72 Å². The number of alkyl halides is 3. The van der Waals surface area contributed by atoms with Crippen molar-refractivity contribution in [2.45, 2.75) is 15.3 Å². The number of para-hydroxylation sites is 1. The Morgan fingerprint density at radius 1 is 1.29 bits per heavy atom. The van der Waals surface area contributed by atoms with Crippen LogP contribution in [-0.2, 0) is 10.0 Å². The Balaban J connectivity index is 2.24. The van der Waals surface area contributed by atoms with Gasteiger partial charge in [-0.2, -0.15) is 13.2 Å². The third-order valence-electron chi connectivity index (χ3n) is 2.61. The third-order valence-corrected chi connectivity index (χ3v) is 6.55. The molecule has 2 rings (SSSR count). The topological polar surface area (TPSA) is 83.5 Å². The molecule has 24 heavy (non-hydrogen) atoms. The first-order chi connectivity index (χ1) is 11.1. The van der Waals surface area contributed by atoms with Crippen molar-refractivity contribution in [3.05, 3.63) is 41.3 Å². The molecule has 0 aliphatic carbocycles. The van der Waals surface area contributed by atoms with E-state index in [9.17, 15) is 26.4 Å². The van der Waals surface area contributed by atoms with Crippen LogP contribution < -0.4 is 4.72 Å². The molecule has 0 spiro atoms. The Hall–Kier alpha value is -1.72. The average molecular weight is 397 g/mol. The summed E-state index contributed by atoms with van der Waals surface area (Å²) in [6, 6.07) is 6.66. The predicted molar refractivity (Wildman–Crippen MR) is 85.3 cm³/mol. The first kappa shape index (κ1) is 18.6. The summed E-state index contributed by atoms with van der Waals surface area (Å²) in [5.74, 6) is -2.43. The SMILES string of the molecule is O=C(O)c1csc(S(=O)(=O)Nc2ccccc2SCC(F)(F)F)c1. The molecule has 0 amide bonds. The molecule has 0 bridgehead atoms. The molecule has 11 heteroatoms. The number of carboxylic acid groups (broad SMARTS) is 1. The van der Waals surface area contributed by atoms with Crippen molar-refractivity contribution < 1.29 is 31.5 Å². The van der Waals surface area contributed by atoms with Gasteiger partial charge in [0.15, 0.2) is 0 Å². The number of carbonyl (C=O) groups is 1. The molecular weight excluding hydrogens is 387 g/mol. The highest BCUT2D eigenvalue weighted by Crippen LogP contribution is 2.33. The predicted octanol–water partition coefficient (Wildman–Crippen LogP) is 3.90. The molecule has 0 saturated carbocycles. The van der Waals surface area contributed by atoms with E-state index in [4.69, 9.17) is 5.11 Å². The lowest BCUT2D eigenvalue weighted by molar-refractivity contribution is -0.105.